The van der Waals surface area contributed by atoms with Crippen LogP contribution in [-0.2, 0) is 9.53 Å². The molecule has 3 aromatic heterocycles. The predicted molar refractivity (Wildman–Crippen MR) is 229 cm³/mol. The standard InChI is InChI=1S/C44H52ClF2N11O5/c45-33-8-3-28(21-35(33)56-15-10-37(59)51-43(56)62)42(61)54-19-13-44(14-20-54)11-17-53(18-12-44)23-27-1-4-29(5-2-27)58-26-34(38(52-58)39(46)47)49-41(60)32-22-48-57-16-9-36(50-40(32)57)55-24-30-6-7-31(25-55)63-30/h3,8-9,16,21-22,26-27,29-31,39H,1-2,4-7,10-15,17-20,23-25H2,(H,49,60)(H,51,59,62). The minimum absolute atomic E-state index is 0.00285. The second-order valence-corrected chi connectivity index (χ2v) is 18.7. The molecule has 1 aromatic carbocycles. The number of urea groups is 1. The van der Waals surface area contributed by atoms with Crippen molar-refractivity contribution >= 4 is 58.2 Å². The Morgan fingerprint density at radius 2 is 1.68 bits per heavy atom. The van der Waals surface area contributed by atoms with Crippen molar-refractivity contribution < 1.29 is 32.7 Å². The number of rotatable bonds is 9. The van der Waals surface area contributed by atoms with E-state index in [-0.39, 0.29) is 59.7 Å². The molecule has 6 aliphatic rings. The first-order valence-electron chi connectivity index (χ1n) is 22.3. The van der Waals surface area contributed by atoms with Crippen LogP contribution in [0, 0.1) is 11.3 Å². The maximum Gasteiger partial charge on any atom is 0.328 e. The summed E-state index contributed by atoms with van der Waals surface area (Å²) >= 11 is 6.42. The van der Waals surface area contributed by atoms with E-state index in [0.29, 0.717) is 40.9 Å². The van der Waals surface area contributed by atoms with Crippen LogP contribution in [0.4, 0.5) is 30.8 Å². The van der Waals surface area contributed by atoms with Crippen LogP contribution in [0.15, 0.2) is 42.9 Å². The number of anilines is 3. The zero-order valence-electron chi connectivity index (χ0n) is 35.1. The lowest BCUT2D eigenvalue weighted by Crippen LogP contribution is -2.50. The summed E-state index contributed by atoms with van der Waals surface area (Å²) in [5.41, 5.74) is 1.20. The lowest BCUT2D eigenvalue weighted by molar-refractivity contribution is -0.120. The van der Waals surface area contributed by atoms with Gasteiger partial charge < -0.3 is 24.8 Å². The summed E-state index contributed by atoms with van der Waals surface area (Å²) in [7, 11) is 0. The quantitative estimate of drug-likeness (QED) is 0.194. The minimum Gasteiger partial charge on any atom is -0.371 e. The van der Waals surface area contributed by atoms with Crippen LogP contribution in [-0.4, -0.2) is 122 Å². The monoisotopic (exact) mass is 887 g/mol. The zero-order chi connectivity index (χ0) is 43.4. The number of nitrogens with one attached hydrogen (secondary N) is 2. The molecule has 2 bridgehead atoms. The molecule has 1 saturated carbocycles. The minimum atomic E-state index is -2.86. The number of fused-ring (bicyclic) bond motifs is 3. The molecule has 0 radical (unpaired) electrons. The third-order valence-corrected chi connectivity index (χ3v) is 14.8. The molecule has 5 aliphatic heterocycles. The van der Waals surface area contributed by atoms with Gasteiger partial charge in [0.15, 0.2) is 11.3 Å². The highest BCUT2D eigenvalue weighted by Crippen LogP contribution is 2.43. The van der Waals surface area contributed by atoms with Crippen LogP contribution < -0.4 is 20.4 Å². The van der Waals surface area contributed by atoms with Crippen LogP contribution in [0.25, 0.3) is 5.65 Å². The molecule has 16 nitrogen and oxygen atoms in total. The molecule has 334 valence electrons. The summed E-state index contributed by atoms with van der Waals surface area (Å²) in [6, 6.07) is 6.26. The molecule has 19 heteroatoms. The van der Waals surface area contributed by atoms with E-state index in [1.807, 2.05) is 11.0 Å². The molecule has 5 saturated heterocycles. The number of nitrogens with zero attached hydrogens (tertiary/aromatic N) is 9. The van der Waals surface area contributed by atoms with Gasteiger partial charge in [0.25, 0.3) is 18.2 Å². The molecule has 4 aromatic rings. The van der Waals surface area contributed by atoms with Gasteiger partial charge in [-0.15, -0.1) is 0 Å². The number of hydrogen-bond donors (Lipinski definition) is 2. The first kappa shape index (κ1) is 41.8. The van der Waals surface area contributed by atoms with E-state index in [1.165, 1.54) is 15.6 Å². The van der Waals surface area contributed by atoms with E-state index in [1.54, 1.807) is 35.3 Å². The van der Waals surface area contributed by atoms with Gasteiger partial charge in [-0.1, -0.05) is 11.6 Å². The van der Waals surface area contributed by atoms with E-state index in [9.17, 15) is 28.0 Å². The average Bonchev–Trinajstić information content (AvgIpc) is 4.01. The van der Waals surface area contributed by atoms with Gasteiger partial charge in [0.05, 0.1) is 40.8 Å². The van der Waals surface area contributed by atoms with Gasteiger partial charge in [-0.05, 0) is 113 Å². The molecular formula is C44H52ClF2N11O5. The van der Waals surface area contributed by atoms with E-state index in [4.69, 9.17) is 21.3 Å². The van der Waals surface area contributed by atoms with E-state index in [0.717, 1.165) is 103 Å². The fraction of sp³-hybridized carbons (Fsp3) is 0.568. The van der Waals surface area contributed by atoms with E-state index < -0.39 is 24.1 Å². The summed E-state index contributed by atoms with van der Waals surface area (Å²) in [6.07, 6.45) is 12.0. The molecule has 2 atom stereocenters. The van der Waals surface area contributed by atoms with Crippen LogP contribution in [0.1, 0.15) is 110 Å². The number of ether oxygens (including phenoxy) is 1. The Morgan fingerprint density at radius 3 is 2.40 bits per heavy atom. The maximum atomic E-state index is 14.3. The van der Waals surface area contributed by atoms with Crippen LogP contribution >= 0.6 is 11.6 Å². The van der Waals surface area contributed by atoms with Gasteiger partial charge in [-0.3, -0.25) is 29.3 Å². The van der Waals surface area contributed by atoms with Gasteiger partial charge in [-0.2, -0.15) is 10.2 Å². The summed E-state index contributed by atoms with van der Waals surface area (Å²) < 4.78 is 37.8. The second-order valence-electron chi connectivity index (χ2n) is 18.3. The molecule has 5 amide bonds. The van der Waals surface area contributed by atoms with Gasteiger partial charge in [0.2, 0.25) is 5.91 Å². The van der Waals surface area contributed by atoms with Crippen LogP contribution in [0.3, 0.4) is 0 Å². The van der Waals surface area contributed by atoms with Gasteiger partial charge in [0.1, 0.15) is 11.4 Å². The number of carbonyl (C=O) groups excluding carboxylic acids is 4. The Hall–Kier alpha value is -5.20. The van der Waals surface area contributed by atoms with E-state index >= 15 is 0 Å². The maximum absolute atomic E-state index is 14.3. The number of carbonyl (C=O) groups is 4. The Kier molecular flexibility index (Phi) is 11.3. The number of imide groups is 1. The number of morpholine rings is 1. The van der Waals surface area contributed by atoms with Crippen molar-refractivity contribution in [2.75, 3.05) is 67.5 Å². The molecule has 63 heavy (non-hydrogen) atoms. The van der Waals surface area contributed by atoms with Crippen molar-refractivity contribution in [3.63, 3.8) is 0 Å². The second kappa shape index (κ2) is 17.1. The van der Waals surface area contributed by atoms with Crippen LogP contribution in [0.5, 0.6) is 0 Å². The van der Waals surface area contributed by atoms with E-state index in [2.05, 4.69) is 30.6 Å². The molecule has 6 fully saturated rings. The first-order valence-corrected chi connectivity index (χ1v) is 22.7. The Balaban J connectivity index is 0.701. The van der Waals surface area contributed by atoms with Gasteiger partial charge in [0, 0.05) is 63.6 Å². The SMILES string of the molecule is O=C1CCN(c2cc(C(=O)N3CCC4(CCN(CC5CCC(n6cc(NC(=O)c7cnn8ccc(N9CC%10CCC(C9)O%10)nc78)c(C(F)F)n6)CC5)CC4)CC3)ccc2Cl)C(=O)N1. The van der Waals surface area contributed by atoms with Gasteiger partial charge in [-0.25, -0.2) is 23.1 Å². The summed E-state index contributed by atoms with van der Waals surface area (Å²) in [5.74, 6) is 0.240. The lowest BCUT2D eigenvalue weighted by atomic mass is 9.71. The lowest BCUT2D eigenvalue weighted by Gasteiger charge is -2.47. The van der Waals surface area contributed by atoms with Crippen molar-refractivity contribution in [3.8, 4) is 0 Å². The highest BCUT2D eigenvalue weighted by atomic mass is 35.5. The largest absolute Gasteiger partial charge is 0.371 e. The highest BCUT2D eigenvalue weighted by molar-refractivity contribution is 6.34. The van der Waals surface area contributed by atoms with Crippen molar-refractivity contribution in [1.29, 1.82) is 0 Å². The highest BCUT2D eigenvalue weighted by Gasteiger charge is 2.40. The molecular weight excluding hydrogens is 836 g/mol. The zero-order valence-corrected chi connectivity index (χ0v) is 35.8. The number of halogens is 3. The molecule has 1 aliphatic carbocycles. The number of benzene rings is 1. The average molecular weight is 888 g/mol. The van der Waals surface area contributed by atoms with Crippen LogP contribution in [0.2, 0.25) is 5.02 Å². The molecule has 8 heterocycles. The third kappa shape index (κ3) is 8.48. The third-order valence-electron chi connectivity index (χ3n) is 14.5. The van der Waals surface area contributed by atoms with Crippen molar-refractivity contribution in [1.82, 2.24) is 39.5 Å². The Bertz CT molecular complexity index is 2390. The molecule has 1 spiro atoms. The first-order chi connectivity index (χ1) is 30.5. The molecule has 2 unspecified atom stereocenters. The number of hydrogen-bond acceptors (Lipinski definition) is 10. The molecule has 2 N–H and O–H groups in total. The smallest absolute Gasteiger partial charge is 0.328 e. The van der Waals surface area contributed by atoms with Gasteiger partial charge >= 0.3 is 6.03 Å². The predicted octanol–water partition coefficient (Wildman–Crippen LogP) is 6.33. The normalized spacial score (nSPS) is 25.3. The number of aromatic nitrogens is 5. The fourth-order valence-corrected chi connectivity index (χ4v) is 10.9. The number of alkyl halides is 2. The van der Waals surface area contributed by atoms with Crippen molar-refractivity contribution in [2.45, 2.75) is 95.3 Å². The Morgan fingerprint density at radius 1 is 0.952 bits per heavy atom. The Labute approximate surface area is 368 Å². The number of amides is 5. The summed E-state index contributed by atoms with van der Waals surface area (Å²) in [5, 5.41) is 14.0. The van der Waals surface area contributed by atoms with Crippen molar-refractivity contribution in [2.24, 2.45) is 11.3 Å². The number of piperidine rings is 2. The topological polar surface area (TPSA) is 163 Å². The van der Waals surface area contributed by atoms with Crippen molar-refractivity contribution in [3.05, 3.63) is 64.7 Å². The fourth-order valence-electron chi connectivity index (χ4n) is 10.7. The number of likely N-dealkylation sites (tertiary alicyclic amines) is 2. The summed E-state index contributed by atoms with van der Waals surface area (Å²) in [4.78, 5) is 64.1. The molecule has 10 rings (SSSR count). The summed E-state index contributed by atoms with van der Waals surface area (Å²) in [6.45, 7) is 6.00.